The Hall–Kier alpha value is -1.14. The van der Waals surface area contributed by atoms with E-state index in [0.29, 0.717) is 17.9 Å². The number of carbonyl (C=O) groups is 1. The van der Waals surface area contributed by atoms with E-state index in [9.17, 15) is 4.79 Å². The fourth-order valence-electron chi connectivity index (χ4n) is 3.78. The molecule has 2 saturated heterocycles. The van der Waals surface area contributed by atoms with Crippen LogP contribution in [0.3, 0.4) is 0 Å². The maximum absolute atomic E-state index is 12.9. The highest BCUT2D eigenvalue weighted by atomic mass is 32.1. The average Bonchev–Trinajstić information content (AvgIpc) is 3.16. The van der Waals surface area contributed by atoms with Crippen LogP contribution in [-0.2, 0) is 4.79 Å². The predicted octanol–water partition coefficient (Wildman–Crippen LogP) is 1.77. The van der Waals surface area contributed by atoms with Crippen LogP contribution in [-0.4, -0.2) is 67.0 Å². The van der Waals surface area contributed by atoms with Gasteiger partial charge in [-0.1, -0.05) is 6.92 Å². The van der Waals surface area contributed by atoms with Gasteiger partial charge in [-0.2, -0.15) is 0 Å². The number of nitrogens with zero attached hydrogens (tertiary/aromatic N) is 4. The minimum atomic E-state index is 0.130. The molecule has 0 aromatic carbocycles. The summed E-state index contributed by atoms with van der Waals surface area (Å²) in [6.07, 6.45) is 3.93. The van der Waals surface area contributed by atoms with Gasteiger partial charge in [0.1, 0.15) is 0 Å². The SMILES string of the molecule is CC1CN(C(=O)C2CCCN(c3nccs3)C2)CC1N(C)C. The van der Waals surface area contributed by atoms with Crippen molar-refractivity contribution in [2.45, 2.75) is 25.8 Å². The first-order valence-electron chi connectivity index (χ1n) is 8.16. The molecule has 2 fully saturated rings. The molecule has 5 nitrogen and oxygen atoms in total. The lowest BCUT2D eigenvalue weighted by atomic mass is 9.97. The number of likely N-dealkylation sites (N-methyl/N-ethyl adjacent to an activating group) is 1. The molecule has 0 bridgehead atoms. The van der Waals surface area contributed by atoms with Crippen molar-refractivity contribution in [3.63, 3.8) is 0 Å². The summed E-state index contributed by atoms with van der Waals surface area (Å²) in [5, 5.41) is 3.06. The number of hydrogen-bond acceptors (Lipinski definition) is 5. The fourth-order valence-corrected chi connectivity index (χ4v) is 4.46. The van der Waals surface area contributed by atoms with Crippen molar-refractivity contribution >= 4 is 22.4 Å². The van der Waals surface area contributed by atoms with Gasteiger partial charge in [-0.05, 0) is 32.9 Å². The number of likely N-dealkylation sites (tertiary alicyclic amines) is 1. The number of carbonyl (C=O) groups excluding carboxylic acids is 1. The molecule has 3 rings (SSSR count). The van der Waals surface area contributed by atoms with E-state index < -0.39 is 0 Å². The molecule has 3 heterocycles. The van der Waals surface area contributed by atoms with Crippen LogP contribution in [0.15, 0.2) is 11.6 Å². The first-order valence-corrected chi connectivity index (χ1v) is 9.04. The molecule has 0 saturated carbocycles. The molecule has 0 aliphatic carbocycles. The number of amides is 1. The van der Waals surface area contributed by atoms with Crippen LogP contribution in [0.1, 0.15) is 19.8 Å². The zero-order chi connectivity index (χ0) is 15.7. The van der Waals surface area contributed by atoms with E-state index in [0.717, 1.165) is 44.2 Å². The van der Waals surface area contributed by atoms with Crippen LogP contribution in [0.25, 0.3) is 0 Å². The summed E-state index contributed by atoms with van der Waals surface area (Å²) in [6.45, 7) is 5.87. The van der Waals surface area contributed by atoms with Crippen molar-refractivity contribution in [2.24, 2.45) is 11.8 Å². The van der Waals surface area contributed by atoms with Crippen LogP contribution in [0.2, 0.25) is 0 Å². The normalized spacial score (nSPS) is 29.4. The number of rotatable bonds is 3. The van der Waals surface area contributed by atoms with Gasteiger partial charge in [0.05, 0.1) is 5.92 Å². The number of piperidine rings is 1. The second-order valence-electron chi connectivity index (χ2n) is 6.85. The Morgan fingerprint density at radius 2 is 2.18 bits per heavy atom. The topological polar surface area (TPSA) is 39.7 Å². The molecular weight excluding hydrogens is 296 g/mol. The highest BCUT2D eigenvalue weighted by molar-refractivity contribution is 7.13. The molecule has 1 aromatic heterocycles. The summed E-state index contributed by atoms with van der Waals surface area (Å²) in [5.41, 5.74) is 0. The van der Waals surface area contributed by atoms with Gasteiger partial charge in [0.15, 0.2) is 5.13 Å². The molecule has 122 valence electrons. The molecule has 22 heavy (non-hydrogen) atoms. The molecule has 6 heteroatoms. The first-order chi connectivity index (χ1) is 10.6. The summed E-state index contributed by atoms with van der Waals surface area (Å²) in [6, 6.07) is 0.489. The van der Waals surface area contributed by atoms with Crippen LogP contribution in [0, 0.1) is 11.8 Å². The Labute approximate surface area is 136 Å². The van der Waals surface area contributed by atoms with E-state index in [4.69, 9.17) is 0 Å². The maximum atomic E-state index is 12.9. The Balaban J connectivity index is 1.63. The molecule has 0 spiro atoms. The van der Waals surface area contributed by atoms with E-state index in [1.165, 1.54) is 0 Å². The smallest absolute Gasteiger partial charge is 0.227 e. The Morgan fingerprint density at radius 3 is 2.82 bits per heavy atom. The van der Waals surface area contributed by atoms with Crippen molar-refractivity contribution < 1.29 is 4.79 Å². The molecule has 1 amide bonds. The van der Waals surface area contributed by atoms with Crippen molar-refractivity contribution in [1.82, 2.24) is 14.8 Å². The predicted molar refractivity (Wildman–Crippen MR) is 90.3 cm³/mol. The zero-order valence-electron chi connectivity index (χ0n) is 13.7. The van der Waals surface area contributed by atoms with E-state index >= 15 is 0 Å². The lowest BCUT2D eigenvalue weighted by Crippen LogP contribution is -2.45. The van der Waals surface area contributed by atoms with E-state index in [2.05, 4.69) is 40.7 Å². The standard InChI is InChI=1S/C16H26N4OS/c1-12-9-20(11-14(12)18(2)3)15(21)13-5-4-7-19(10-13)16-17-6-8-22-16/h6,8,12-14H,4-5,7,9-11H2,1-3H3. The van der Waals surface area contributed by atoms with Gasteiger partial charge in [-0.15, -0.1) is 11.3 Å². The summed E-state index contributed by atoms with van der Waals surface area (Å²) >= 11 is 1.66. The molecule has 3 atom stereocenters. The molecule has 2 aliphatic rings. The molecule has 3 unspecified atom stereocenters. The maximum Gasteiger partial charge on any atom is 0.227 e. The minimum absolute atomic E-state index is 0.130. The second kappa shape index (κ2) is 6.54. The summed E-state index contributed by atoms with van der Waals surface area (Å²) < 4.78 is 0. The Kier molecular flexibility index (Phi) is 4.68. The highest BCUT2D eigenvalue weighted by Crippen LogP contribution is 2.28. The highest BCUT2D eigenvalue weighted by Gasteiger charge is 2.37. The average molecular weight is 322 g/mol. The van der Waals surface area contributed by atoms with Gasteiger partial charge < -0.3 is 14.7 Å². The number of anilines is 1. The Bertz CT molecular complexity index is 504. The lowest BCUT2D eigenvalue weighted by Gasteiger charge is -2.34. The molecule has 0 radical (unpaired) electrons. The van der Waals surface area contributed by atoms with Gasteiger partial charge >= 0.3 is 0 Å². The zero-order valence-corrected chi connectivity index (χ0v) is 14.6. The third-order valence-corrected chi connectivity index (χ3v) is 5.84. The van der Waals surface area contributed by atoms with Crippen LogP contribution < -0.4 is 4.90 Å². The van der Waals surface area contributed by atoms with E-state index in [1.54, 1.807) is 11.3 Å². The molecule has 1 aromatic rings. The summed E-state index contributed by atoms with van der Waals surface area (Å²) in [7, 11) is 4.22. The van der Waals surface area contributed by atoms with Crippen molar-refractivity contribution in [3.05, 3.63) is 11.6 Å². The van der Waals surface area contributed by atoms with Gasteiger partial charge in [0.2, 0.25) is 5.91 Å². The van der Waals surface area contributed by atoms with Crippen LogP contribution >= 0.6 is 11.3 Å². The molecular formula is C16H26N4OS. The molecule has 2 aliphatic heterocycles. The monoisotopic (exact) mass is 322 g/mol. The fraction of sp³-hybridized carbons (Fsp3) is 0.750. The van der Waals surface area contributed by atoms with Crippen molar-refractivity contribution in [3.8, 4) is 0 Å². The van der Waals surface area contributed by atoms with Gasteiger partial charge in [-0.25, -0.2) is 4.98 Å². The van der Waals surface area contributed by atoms with Crippen LogP contribution in [0.4, 0.5) is 5.13 Å². The van der Waals surface area contributed by atoms with Crippen molar-refractivity contribution in [2.75, 3.05) is 45.2 Å². The third kappa shape index (κ3) is 3.13. The van der Waals surface area contributed by atoms with Gasteiger partial charge in [-0.3, -0.25) is 4.79 Å². The van der Waals surface area contributed by atoms with Crippen molar-refractivity contribution in [1.29, 1.82) is 0 Å². The minimum Gasteiger partial charge on any atom is -0.347 e. The number of aromatic nitrogens is 1. The van der Waals surface area contributed by atoms with Gasteiger partial charge in [0.25, 0.3) is 0 Å². The van der Waals surface area contributed by atoms with E-state index in [1.807, 2.05) is 11.6 Å². The first kappa shape index (κ1) is 15.7. The second-order valence-corrected chi connectivity index (χ2v) is 7.72. The molecule has 0 N–H and O–H groups in total. The van der Waals surface area contributed by atoms with Gasteiger partial charge in [0, 0.05) is 43.8 Å². The quantitative estimate of drug-likeness (QED) is 0.850. The summed E-state index contributed by atoms with van der Waals surface area (Å²) in [5.74, 6) is 1.03. The largest absolute Gasteiger partial charge is 0.347 e. The number of thiazole rings is 1. The van der Waals surface area contributed by atoms with Crippen LogP contribution in [0.5, 0.6) is 0 Å². The Morgan fingerprint density at radius 1 is 1.36 bits per heavy atom. The van der Waals surface area contributed by atoms with E-state index in [-0.39, 0.29) is 5.92 Å². The lowest BCUT2D eigenvalue weighted by molar-refractivity contribution is -0.135. The summed E-state index contributed by atoms with van der Waals surface area (Å²) in [4.78, 5) is 23.9. The number of hydrogen-bond donors (Lipinski definition) is 0. The third-order valence-electron chi connectivity index (χ3n) is 5.01.